The van der Waals surface area contributed by atoms with E-state index in [-0.39, 0.29) is 12.5 Å². The third-order valence-electron chi connectivity index (χ3n) is 3.43. The summed E-state index contributed by atoms with van der Waals surface area (Å²) in [5, 5.41) is 37.0. The summed E-state index contributed by atoms with van der Waals surface area (Å²) in [7, 11) is 0. The van der Waals surface area contributed by atoms with Crippen LogP contribution in [0.5, 0.6) is 0 Å². The Bertz CT molecular complexity index is 449. The number of hydrogen-bond acceptors (Lipinski definition) is 4. The van der Waals surface area contributed by atoms with Crippen molar-refractivity contribution in [3.8, 4) is 0 Å². The second-order valence-corrected chi connectivity index (χ2v) is 6.06. The van der Waals surface area contributed by atoms with Gasteiger partial charge < -0.3 is 20.4 Å². The molecular formula is C20H32O5. The van der Waals surface area contributed by atoms with Gasteiger partial charge in [-0.3, -0.25) is 4.79 Å². The summed E-state index contributed by atoms with van der Waals surface area (Å²) in [6.07, 6.45) is 16.9. The molecule has 0 aromatic carbocycles. The monoisotopic (exact) mass is 352 g/mol. The van der Waals surface area contributed by atoms with Crippen LogP contribution < -0.4 is 0 Å². The zero-order chi connectivity index (χ0) is 18.9. The first-order chi connectivity index (χ1) is 11.9. The first-order valence-corrected chi connectivity index (χ1v) is 8.84. The Balaban J connectivity index is 3.82. The lowest BCUT2D eigenvalue weighted by Crippen LogP contribution is -2.03. The van der Waals surface area contributed by atoms with E-state index in [1.54, 1.807) is 43.4 Å². The Kier molecular flexibility index (Phi) is 14.7. The first-order valence-electron chi connectivity index (χ1n) is 8.84. The number of aliphatic hydroxyl groups excluding tert-OH is 3. The predicted octanol–water partition coefficient (Wildman–Crippen LogP) is 3.13. The largest absolute Gasteiger partial charge is 0.481 e. The van der Waals surface area contributed by atoms with E-state index in [2.05, 4.69) is 0 Å². The highest BCUT2D eigenvalue weighted by atomic mass is 16.4. The van der Waals surface area contributed by atoms with Gasteiger partial charge in [0.1, 0.15) is 0 Å². The number of hydrogen-bond donors (Lipinski definition) is 4. The molecule has 0 aliphatic carbocycles. The molecule has 0 saturated carbocycles. The van der Waals surface area contributed by atoms with Gasteiger partial charge in [0, 0.05) is 6.42 Å². The quantitative estimate of drug-likeness (QED) is 0.219. The normalized spacial score (nSPS) is 16.3. The fourth-order valence-corrected chi connectivity index (χ4v) is 2.03. The van der Waals surface area contributed by atoms with Gasteiger partial charge in [-0.15, -0.1) is 0 Å². The summed E-state index contributed by atoms with van der Waals surface area (Å²) >= 11 is 0. The molecule has 3 atom stereocenters. The maximum atomic E-state index is 10.4. The van der Waals surface area contributed by atoms with Crippen LogP contribution in [-0.2, 0) is 4.79 Å². The molecule has 0 amide bonds. The van der Waals surface area contributed by atoms with Crippen molar-refractivity contribution in [3.05, 3.63) is 48.6 Å². The average Bonchev–Trinajstić information content (AvgIpc) is 2.53. The molecule has 0 saturated heterocycles. The zero-order valence-electron chi connectivity index (χ0n) is 15.0. The molecule has 0 heterocycles. The highest BCUT2D eigenvalue weighted by Crippen LogP contribution is 2.04. The van der Waals surface area contributed by atoms with Gasteiger partial charge in [0.25, 0.3) is 0 Å². The third kappa shape index (κ3) is 18.5. The highest BCUT2D eigenvalue weighted by Gasteiger charge is 2.01. The molecule has 25 heavy (non-hydrogen) atoms. The van der Waals surface area contributed by atoms with Crippen LogP contribution in [0.25, 0.3) is 0 Å². The smallest absolute Gasteiger partial charge is 0.303 e. The topological polar surface area (TPSA) is 98.0 Å². The fourth-order valence-electron chi connectivity index (χ4n) is 2.03. The van der Waals surface area contributed by atoms with Gasteiger partial charge in [-0.25, -0.2) is 0 Å². The van der Waals surface area contributed by atoms with E-state index < -0.39 is 18.2 Å². The lowest BCUT2D eigenvalue weighted by molar-refractivity contribution is -0.137. The molecule has 0 aliphatic heterocycles. The summed E-state index contributed by atoms with van der Waals surface area (Å²) in [4.78, 5) is 10.4. The molecule has 4 N–H and O–H groups in total. The van der Waals surface area contributed by atoms with Crippen LogP contribution in [0.2, 0.25) is 0 Å². The minimum absolute atomic E-state index is 0.0658. The number of aliphatic hydroxyl groups is 3. The van der Waals surface area contributed by atoms with Gasteiger partial charge in [-0.2, -0.15) is 0 Å². The minimum Gasteiger partial charge on any atom is -0.481 e. The van der Waals surface area contributed by atoms with Gasteiger partial charge in [0.05, 0.1) is 18.3 Å². The summed E-state index contributed by atoms with van der Waals surface area (Å²) in [5.41, 5.74) is 0. The number of rotatable bonds is 14. The molecule has 0 bridgehead atoms. The molecular weight excluding hydrogens is 320 g/mol. The Morgan fingerprint density at radius 1 is 0.880 bits per heavy atom. The SMILES string of the molecule is C[C@@H](O)CCC/C=C\C[C@@H](O)/C=C/C=C/C=C\[C@@H](O)CCCC(=O)O. The van der Waals surface area contributed by atoms with Crippen LogP contribution >= 0.6 is 0 Å². The standard InChI is InChI=1S/C20H32O5/c1-17(21)11-6-2-3-7-12-18(22)13-8-4-5-9-14-19(23)15-10-16-20(24)25/h3-5,7-9,13-14,17-19,21-23H,2,6,10-12,15-16H2,1H3,(H,24,25)/b5-4+,7-3-,13-8+,14-9-/t17-,18-,19-/m1/s1. The maximum absolute atomic E-state index is 10.4. The number of allylic oxidation sites excluding steroid dienone is 5. The molecule has 0 unspecified atom stereocenters. The van der Waals surface area contributed by atoms with Crippen LogP contribution in [0.4, 0.5) is 0 Å². The summed E-state index contributed by atoms with van der Waals surface area (Å²) in [6.45, 7) is 1.78. The van der Waals surface area contributed by atoms with E-state index in [9.17, 15) is 15.0 Å². The highest BCUT2D eigenvalue weighted by molar-refractivity contribution is 5.66. The maximum Gasteiger partial charge on any atom is 0.303 e. The molecule has 0 aliphatic rings. The number of unbranched alkanes of at least 4 members (excludes halogenated alkanes) is 1. The first kappa shape index (κ1) is 23.3. The lowest BCUT2D eigenvalue weighted by Gasteiger charge is -2.02. The van der Waals surface area contributed by atoms with Crippen molar-refractivity contribution < 1.29 is 25.2 Å². The van der Waals surface area contributed by atoms with Crippen molar-refractivity contribution >= 4 is 5.97 Å². The molecule has 0 aromatic rings. The van der Waals surface area contributed by atoms with Crippen LogP contribution in [0.3, 0.4) is 0 Å². The molecule has 0 fully saturated rings. The Morgan fingerprint density at radius 3 is 2.12 bits per heavy atom. The molecule has 5 nitrogen and oxygen atoms in total. The van der Waals surface area contributed by atoms with Crippen molar-refractivity contribution in [3.63, 3.8) is 0 Å². The average molecular weight is 352 g/mol. The van der Waals surface area contributed by atoms with Crippen LogP contribution in [-0.4, -0.2) is 44.7 Å². The Morgan fingerprint density at radius 2 is 1.52 bits per heavy atom. The van der Waals surface area contributed by atoms with E-state index in [4.69, 9.17) is 10.2 Å². The van der Waals surface area contributed by atoms with Crippen LogP contribution in [0.15, 0.2) is 48.6 Å². The van der Waals surface area contributed by atoms with E-state index in [1.807, 2.05) is 12.2 Å². The van der Waals surface area contributed by atoms with Crippen molar-refractivity contribution in [2.45, 2.75) is 70.2 Å². The van der Waals surface area contributed by atoms with Gasteiger partial charge in [-0.05, 0) is 45.4 Å². The van der Waals surface area contributed by atoms with Crippen LogP contribution in [0, 0.1) is 0 Å². The Hall–Kier alpha value is -1.69. The lowest BCUT2D eigenvalue weighted by atomic mass is 10.1. The summed E-state index contributed by atoms with van der Waals surface area (Å²) < 4.78 is 0. The third-order valence-corrected chi connectivity index (χ3v) is 3.43. The predicted molar refractivity (Wildman–Crippen MR) is 100 cm³/mol. The minimum atomic E-state index is -0.852. The van der Waals surface area contributed by atoms with E-state index in [1.165, 1.54) is 0 Å². The van der Waals surface area contributed by atoms with Gasteiger partial charge in [-0.1, -0.05) is 48.6 Å². The van der Waals surface area contributed by atoms with Crippen LogP contribution in [0.1, 0.15) is 51.9 Å². The zero-order valence-corrected chi connectivity index (χ0v) is 15.0. The van der Waals surface area contributed by atoms with Gasteiger partial charge >= 0.3 is 5.97 Å². The number of aliphatic carboxylic acids is 1. The fraction of sp³-hybridized carbons (Fsp3) is 0.550. The number of carbonyl (C=O) groups is 1. The molecule has 0 rings (SSSR count). The summed E-state index contributed by atoms with van der Waals surface area (Å²) in [6, 6.07) is 0. The second kappa shape index (κ2) is 15.8. The van der Waals surface area contributed by atoms with Crippen molar-refractivity contribution in [2.75, 3.05) is 0 Å². The van der Waals surface area contributed by atoms with Crippen molar-refractivity contribution in [1.29, 1.82) is 0 Å². The van der Waals surface area contributed by atoms with Crippen molar-refractivity contribution in [1.82, 2.24) is 0 Å². The molecule has 5 heteroatoms. The number of carboxylic acid groups (broad SMARTS) is 1. The van der Waals surface area contributed by atoms with Crippen molar-refractivity contribution in [2.24, 2.45) is 0 Å². The van der Waals surface area contributed by atoms with E-state index in [0.29, 0.717) is 19.3 Å². The van der Waals surface area contributed by atoms with E-state index in [0.717, 1.165) is 19.3 Å². The van der Waals surface area contributed by atoms with Gasteiger partial charge in [0.15, 0.2) is 0 Å². The Labute approximate surface area is 150 Å². The molecule has 0 aromatic heterocycles. The molecule has 0 spiro atoms. The van der Waals surface area contributed by atoms with E-state index >= 15 is 0 Å². The second-order valence-electron chi connectivity index (χ2n) is 6.06. The molecule has 0 radical (unpaired) electrons. The summed E-state index contributed by atoms with van der Waals surface area (Å²) in [5.74, 6) is -0.852. The number of carboxylic acids is 1. The van der Waals surface area contributed by atoms with Gasteiger partial charge in [0.2, 0.25) is 0 Å². The molecule has 142 valence electrons.